The van der Waals surface area contributed by atoms with Crippen molar-refractivity contribution >= 4 is 23.3 Å². The maximum Gasteiger partial charge on any atom is 0.338 e. The van der Waals surface area contributed by atoms with E-state index in [0.717, 1.165) is 31.7 Å². The van der Waals surface area contributed by atoms with Crippen molar-refractivity contribution in [2.45, 2.75) is 38.1 Å². The first-order valence-electron chi connectivity index (χ1n) is 8.33. The predicted octanol–water partition coefficient (Wildman–Crippen LogP) is 2.58. The molecule has 1 saturated carbocycles. The number of carbonyl (C=O) groups excluding carboxylic acids is 2. The van der Waals surface area contributed by atoms with Gasteiger partial charge in [0, 0.05) is 26.2 Å². The van der Waals surface area contributed by atoms with E-state index in [9.17, 15) is 19.7 Å². The Labute approximate surface area is 146 Å². The monoisotopic (exact) mass is 349 g/mol. The van der Waals surface area contributed by atoms with Crippen molar-refractivity contribution in [3.63, 3.8) is 0 Å². The first-order chi connectivity index (χ1) is 11.9. The Bertz CT molecular complexity index is 656. The molecule has 0 saturated heterocycles. The van der Waals surface area contributed by atoms with E-state index >= 15 is 0 Å². The molecule has 1 N–H and O–H groups in total. The summed E-state index contributed by atoms with van der Waals surface area (Å²) in [5, 5.41) is 13.7. The molecule has 2 rings (SSSR count). The fourth-order valence-corrected chi connectivity index (χ4v) is 3.01. The van der Waals surface area contributed by atoms with Crippen LogP contribution in [0.5, 0.6) is 0 Å². The number of nitrogens with one attached hydrogen (secondary N) is 1. The molecule has 25 heavy (non-hydrogen) atoms. The first-order valence-corrected chi connectivity index (χ1v) is 8.33. The molecule has 0 unspecified atom stereocenters. The molecule has 0 aliphatic heterocycles. The van der Waals surface area contributed by atoms with Crippen LogP contribution in [-0.4, -0.2) is 48.4 Å². The van der Waals surface area contributed by atoms with Gasteiger partial charge in [-0.05, 0) is 25.0 Å². The van der Waals surface area contributed by atoms with Crippen molar-refractivity contribution in [1.82, 2.24) is 4.90 Å². The zero-order valence-electron chi connectivity index (χ0n) is 14.5. The van der Waals surface area contributed by atoms with Gasteiger partial charge in [0.25, 0.3) is 11.6 Å². The minimum atomic E-state index is -0.754. The molecule has 0 heterocycles. The van der Waals surface area contributed by atoms with E-state index < -0.39 is 10.9 Å². The van der Waals surface area contributed by atoms with Crippen LogP contribution < -0.4 is 5.32 Å². The molecule has 0 radical (unpaired) electrons. The van der Waals surface area contributed by atoms with Gasteiger partial charge in [0.2, 0.25) is 0 Å². The zero-order valence-corrected chi connectivity index (χ0v) is 14.5. The number of rotatable bonds is 6. The molecule has 0 aromatic heterocycles. The number of amides is 1. The van der Waals surface area contributed by atoms with Crippen molar-refractivity contribution in [3.05, 3.63) is 33.9 Å². The van der Waals surface area contributed by atoms with Gasteiger partial charge in [-0.1, -0.05) is 19.3 Å². The highest BCUT2D eigenvalue weighted by atomic mass is 16.6. The minimum Gasteiger partial charge on any atom is -0.452 e. The summed E-state index contributed by atoms with van der Waals surface area (Å²) in [7, 11) is 3.28. The van der Waals surface area contributed by atoms with E-state index in [2.05, 4.69) is 5.32 Å². The average Bonchev–Trinajstić information content (AvgIpc) is 2.65. The van der Waals surface area contributed by atoms with Gasteiger partial charge >= 0.3 is 5.97 Å². The maximum absolute atomic E-state index is 12.2. The molecular weight excluding hydrogens is 326 g/mol. The molecule has 1 aromatic carbocycles. The smallest absolute Gasteiger partial charge is 0.338 e. The lowest BCUT2D eigenvalue weighted by Gasteiger charge is -2.31. The van der Waals surface area contributed by atoms with Gasteiger partial charge in [-0.25, -0.2) is 4.79 Å². The van der Waals surface area contributed by atoms with Gasteiger partial charge in [-0.3, -0.25) is 14.9 Å². The summed E-state index contributed by atoms with van der Waals surface area (Å²) in [6.07, 6.45) is 5.32. The molecule has 8 nitrogen and oxygen atoms in total. The molecule has 1 fully saturated rings. The Balaban J connectivity index is 1.96. The van der Waals surface area contributed by atoms with E-state index in [1.165, 1.54) is 18.6 Å². The van der Waals surface area contributed by atoms with E-state index in [1.54, 1.807) is 19.0 Å². The summed E-state index contributed by atoms with van der Waals surface area (Å²) < 4.78 is 5.04. The Hall–Kier alpha value is -2.64. The quantitative estimate of drug-likeness (QED) is 0.481. The van der Waals surface area contributed by atoms with E-state index in [4.69, 9.17) is 4.74 Å². The van der Waals surface area contributed by atoms with Crippen LogP contribution in [0.3, 0.4) is 0 Å². The highest BCUT2D eigenvalue weighted by Crippen LogP contribution is 2.25. The third kappa shape index (κ3) is 4.68. The SMILES string of the molecule is CNc1ccc(C(=O)OCC(=O)N(C)C2CCCCC2)cc1[N+](=O)[O-]. The number of nitrogens with zero attached hydrogens (tertiary/aromatic N) is 2. The Morgan fingerprint density at radius 2 is 2.00 bits per heavy atom. The van der Waals surface area contributed by atoms with Crippen LogP contribution in [0.2, 0.25) is 0 Å². The largest absolute Gasteiger partial charge is 0.452 e. The molecule has 0 atom stereocenters. The average molecular weight is 349 g/mol. The van der Waals surface area contributed by atoms with Gasteiger partial charge in [0.1, 0.15) is 5.69 Å². The number of carbonyl (C=O) groups is 2. The number of hydrogen-bond donors (Lipinski definition) is 1. The van der Waals surface area contributed by atoms with E-state index in [0.29, 0.717) is 5.69 Å². The highest BCUT2D eigenvalue weighted by molar-refractivity contribution is 5.93. The summed E-state index contributed by atoms with van der Waals surface area (Å²) in [6, 6.07) is 4.20. The van der Waals surface area contributed by atoms with Crippen molar-refractivity contribution in [2.24, 2.45) is 0 Å². The van der Waals surface area contributed by atoms with Crippen LogP contribution >= 0.6 is 0 Å². The molecule has 136 valence electrons. The van der Waals surface area contributed by atoms with Gasteiger partial charge in [0.15, 0.2) is 6.61 Å². The lowest BCUT2D eigenvalue weighted by molar-refractivity contribution is -0.384. The molecule has 8 heteroatoms. The first kappa shape index (κ1) is 18.7. The van der Waals surface area contributed by atoms with Crippen LogP contribution in [0, 0.1) is 10.1 Å². The van der Waals surface area contributed by atoms with Crippen LogP contribution in [0.1, 0.15) is 42.5 Å². The fourth-order valence-electron chi connectivity index (χ4n) is 3.01. The van der Waals surface area contributed by atoms with Crippen molar-refractivity contribution in [1.29, 1.82) is 0 Å². The van der Waals surface area contributed by atoms with Gasteiger partial charge in [-0.2, -0.15) is 0 Å². The van der Waals surface area contributed by atoms with Crippen LogP contribution in [-0.2, 0) is 9.53 Å². The second kappa shape index (κ2) is 8.46. The molecule has 0 bridgehead atoms. The third-order valence-electron chi connectivity index (χ3n) is 4.54. The molecule has 1 amide bonds. The number of likely N-dealkylation sites (N-methyl/N-ethyl adjacent to an activating group) is 1. The second-order valence-corrected chi connectivity index (χ2v) is 6.11. The number of nitro groups is 1. The Morgan fingerprint density at radius 3 is 2.60 bits per heavy atom. The minimum absolute atomic E-state index is 0.0406. The third-order valence-corrected chi connectivity index (χ3v) is 4.54. The van der Waals surface area contributed by atoms with E-state index in [1.807, 2.05) is 0 Å². The van der Waals surface area contributed by atoms with Crippen LogP contribution in [0.25, 0.3) is 0 Å². The summed E-state index contributed by atoms with van der Waals surface area (Å²) >= 11 is 0. The number of benzene rings is 1. The fraction of sp³-hybridized carbons (Fsp3) is 0.529. The molecule has 1 aromatic rings. The highest BCUT2D eigenvalue weighted by Gasteiger charge is 2.23. The van der Waals surface area contributed by atoms with Gasteiger partial charge in [0.05, 0.1) is 10.5 Å². The van der Waals surface area contributed by atoms with Gasteiger partial charge < -0.3 is 15.0 Å². The van der Waals surface area contributed by atoms with E-state index in [-0.39, 0.29) is 29.8 Å². The maximum atomic E-state index is 12.2. The van der Waals surface area contributed by atoms with Crippen molar-refractivity contribution in [3.8, 4) is 0 Å². The Morgan fingerprint density at radius 1 is 1.32 bits per heavy atom. The Kier molecular flexibility index (Phi) is 6.32. The molecule has 0 spiro atoms. The molecule has 1 aliphatic rings. The van der Waals surface area contributed by atoms with Crippen LogP contribution in [0.15, 0.2) is 18.2 Å². The summed E-state index contributed by atoms with van der Waals surface area (Å²) in [5.41, 5.74) is 0.121. The topological polar surface area (TPSA) is 102 Å². The lowest BCUT2D eigenvalue weighted by Crippen LogP contribution is -2.40. The number of ether oxygens (including phenoxy) is 1. The lowest BCUT2D eigenvalue weighted by atomic mass is 9.94. The number of nitro benzene ring substituents is 1. The van der Waals surface area contributed by atoms with Crippen molar-refractivity contribution in [2.75, 3.05) is 26.0 Å². The summed E-state index contributed by atoms with van der Waals surface area (Å²) in [4.78, 5) is 36.4. The number of hydrogen-bond acceptors (Lipinski definition) is 6. The van der Waals surface area contributed by atoms with Crippen molar-refractivity contribution < 1.29 is 19.2 Å². The van der Waals surface area contributed by atoms with Gasteiger partial charge in [-0.15, -0.1) is 0 Å². The zero-order chi connectivity index (χ0) is 18.4. The molecule has 1 aliphatic carbocycles. The van der Waals surface area contributed by atoms with Crippen LogP contribution in [0.4, 0.5) is 11.4 Å². The molecular formula is C17H23N3O5. The number of anilines is 1. The summed E-state index contributed by atoms with van der Waals surface area (Å²) in [5.74, 6) is -1.02. The standard InChI is InChI=1S/C17H23N3O5/c1-18-14-9-8-12(10-15(14)20(23)24)17(22)25-11-16(21)19(2)13-6-4-3-5-7-13/h8-10,13,18H,3-7,11H2,1-2H3. The predicted molar refractivity (Wildman–Crippen MR) is 92.6 cm³/mol. The normalized spacial score (nSPS) is 14.6. The number of esters is 1. The summed E-state index contributed by atoms with van der Waals surface area (Å²) in [6.45, 7) is -0.368. The second-order valence-electron chi connectivity index (χ2n) is 6.11.